The molecule has 8 heteroatoms. The summed E-state index contributed by atoms with van der Waals surface area (Å²) in [5.41, 5.74) is 9.80. The average molecular weight is 418 g/mol. The second-order valence-corrected chi connectivity index (χ2v) is 8.20. The summed E-state index contributed by atoms with van der Waals surface area (Å²) in [6, 6.07) is 12.4. The summed E-state index contributed by atoms with van der Waals surface area (Å²) in [7, 11) is 0. The number of hydrogen-bond acceptors (Lipinski definition) is 6. The molecule has 3 heterocycles. The van der Waals surface area contributed by atoms with Gasteiger partial charge in [0.25, 0.3) is 11.8 Å². The van der Waals surface area contributed by atoms with E-state index in [-0.39, 0.29) is 24.7 Å². The van der Waals surface area contributed by atoms with Gasteiger partial charge in [-0.2, -0.15) is 0 Å². The molecule has 3 aliphatic heterocycles. The highest BCUT2D eigenvalue weighted by Gasteiger charge is 2.44. The van der Waals surface area contributed by atoms with Crippen LogP contribution in [0.1, 0.15) is 50.6 Å². The zero-order valence-electron chi connectivity index (χ0n) is 16.8. The van der Waals surface area contributed by atoms with Gasteiger partial charge in [0, 0.05) is 37.7 Å². The summed E-state index contributed by atoms with van der Waals surface area (Å²) >= 11 is 0. The molecule has 1 fully saturated rings. The van der Waals surface area contributed by atoms with E-state index in [1.807, 2.05) is 18.2 Å². The zero-order valence-corrected chi connectivity index (χ0v) is 16.8. The molecule has 0 bridgehead atoms. The van der Waals surface area contributed by atoms with Crippen LogP contribution >= 0.6 is 0 Å². The molecule has 2 aromatic carbocycles. The van der Waals surface area contributed by atoms with Gasteiger partial charge in [0.1, 0.15) is 6.04 Å². The van der Waals surface area contributed by atoms with Crippen LogP contribution in [0.4, 0.5) is 5.69 Å². The van der Waals surface area contributed by atoms with Crippen molar-refractivity contribution in [3.63, 3.8) is 0 Å². The van der Waals surface area contributed by atoms with Crippen LogP contribution in [0.15, 0.2) is 42.5 Å². The SMILES string of the molecule is NCC1CN(Cc2ccc3c(c2)C(=O)N(C2CCC(=O)NC2=O)C3=O)c2ccccc21. The molecular weight excluding hydrogens is 396 g/mol. The van der Waals surface area contributed by atoms with Gasteiger partial charge in [-0.1, -0.05) is 24.3 Å². The van der Waals surface area contributed by atoms with E-state index in [4.69, 9.17) is 5.73 Å². The fraction of sp³-hybridized carbons (Fsp3) is 0.304. The molecule has 5 rings (SSSR count). The van der Waals surface area contributed by atoms with Gasteiger partial charge in [-0.25, -0.2) is 0 Å². The largest absolute Gasteiger partial charge is 0.366 e. The zero-order chi connectivity index (χ0) is 21.7. The summed E-state index contributed by atoms with van der Waals surface area (Å²) < 4.78 is 0. The number of piperidine rings is 1. The molecule has 2 unspecified atom stereocenters. The van der Waals surface area contributed by atoms with Crippen LogP contribution < -0.4 is 16.0 Å². The highest BCUT2D eigenvalue weighted by Crippen LogP contribution is 2.37. The summed E-state index contributed by atoms with van der Waals surface area (Å²) in [6.45, 7) is 1.94. The number of nitrogens with zero attached hydrogens (tertiary/aromatic N) is 2. The molecule has 0 aliphatic carbocycles. The average Bonchev–Trinajstić information content (AvgIpc) is 3.24. The molecule has 2 aromatic rings. The summed E-state index contributed by atoms with van der Waals surface area (Å²) in [6.07, 6.45) is 0.250. The molecular formula is C23H22N4O4. The van der Waals surface area contributed by atoms with Gasteiger partial charge in [0.2, 0.25) is 11.8 Å². The first-order chi connectivity index (χ1) is 15.0. The Morgan fingerprint density at radius 2 is 1.77 bits per heavy atom. The van der Waals surface area contributed by atoms with Crippen LogP contribution in [-0.4, -0.2) is 47.7 Å². The van der Waals surface area contributed by atoms with E-state index in [0.717, 1.165) is 22.7 Å². The summed E-state index contributed by atoms with van der Waals surface area (Å²) in [5, 5.41) is 2.21. The molecule has 2 atom stereocenters. The van der Waals surface area contributed by atoms with Crippen molar-refractivity contribution in [1.29, 1.82) is 0 Å². The molecule has 0 aromatic heterocycles. The van der Waals surface area contributed by atoms with Gasteiger partial charge >= 0.3 is 0 Å². The van der Waals surface area contributed by atoms with Gasteiger partial charge in [0.05, 0.1) is 11.1 Å². The van der Waals surface area contributed by atoms with Crippen LogP contribution in [-0.2, 0) is 16.1 Å². The highest BCUT2D eigenvalue weighted by atomic mass is 16.2. The molecule has 8 nitrogen and oxygen atoms in total. The monoisotopic (exact) mass is 418 g/mol. The molecule has 31 heavy (non-hydrogen) atoms. The Bertz CT molecular complexity index is 1130. The molecule has 1 saturated heterocycles. The first kappa shape index (κ1) is 19.4. The minimum atomic E-state index is -0.954. The maximum atomic E-state index is 13.0. The lowest BCUT2D eigenvalue weighted by atomic mass is 10.0. The third kappa shape index (κ3) is 3.11. The number of carbonyl (C=O) groups is 4. The van der Waals surface area contributed by atoms with E-state index in [1.165, 1.54) is 5.56 Å². The number of benzene rings is 2. The molecule has 0 spiro atoms. The Morgan fingerprint density at radius 1 is 1.00 bits per heavy atom. The normalized spacial score (nSPS) is 22.6. The number of amides is 4. The number of carbonyl (C=O) groups excluding carboxylic acids is 4. The van der Waals surface area contributed by atoms with Gasteiger partial charge < -0.3 is 10.6 Å². The van der Waals surface area contributed by atoms with Gasteiger partial charge in [-0.15, -0.1) is 0 Å². The lowest BCUT2D eigenvalue weighted by Gasteiger charge is -2.27. The predicted molar refractivity (Wildman–Crippen MR) is 112 cm³/mol. The maximum absolute atomic E-state index is 13.0. The van der Waals surface area contributed by atoms with Gasteiger partial charge in [-0.3, -0.25) is 29.4 Å². The molecule has 4 amide bonds. The lowest BCUT2D eigenvalue weighted by Crippen LogP contribution is -2.54. The van der Waals surface area contributed by atoms with Gasteiger partial charge in [0.15, 0.2) is 0 Å². The van der Waals surface area contributed by atoms with Crippen molar-refractivity contribution in [3.05, 3.63) is 64.7 Å². The summed E-state index contributed by atoms with van der Waals surface area (Å²) in [4.78, 5) is 52.7. The number of anilines is 1. The first-order valence-corrected chi connectivity index (χ1v) is 10.4. The predicted octanol–water partition coefficient (Wildman–Crippen LogP) is 1.15. The third-order valence-electron chi connectivity index (χ3n) is 6.32. The number of imide groups is 2. The van der Waals surface area contributed by atoms with Crippen molar-refractivity contribution in [3.8, 4) is 0 Å². The number of nitrogens with one attached hydrogen (secondary N) is 1. The molecule has 0 saturated carbocycles. The van der Waals surface area contributed by atoms with E-state index >= 15 is 0 Å². The van der Waals surface area contributed by atoms with E-state index in [9.17, 15) is 19.2 Å². The number of nitrogens with two attached hydrogens (primary N) is 1. The van der Waals surface area contributed by atoms with Crippen molar-refractivity contribution in [2.75, 3.05) is 18.0 Å². The number of fused-ring (bicyclic) bond motifs is 2. The Labute approximate surface area is 179 Å². The minimum absolute atomic E-state index is 0.103. The minimum Gasteiger partial charge on any atom is -0.366 e. The number of para-hydroxylation sites is 1. The van der Waals surface area contributed by atoms with Crippen LogP contribution in [0.5, 0.6) is 0 Å². The Morgan fingerprint density at radius 3 is 2.55 bits per heavy atom. The quantitative estimate of drug-likeness (QED) is 0.721. The Kier molecular flexibility index (Phi) is 4.59. The summed E-state index contributed by atoms with van der Waals surface area (Å²) in [5.74, 6) is -1.71. The molecule has 3 N–H and O–H groups in total. The second-order valence-electron chi connectivity index (χ2n) is 8.20. The van der Waals surface area contributed by atoms with Crippen LogP contribution in [0, 0.1) is 0 Å². The van der Waals surface area contributed by atoms with Crippen molar-refractivity contribution >= 4 is 29.3 Å². The Balaban J connectivity index is 1.40. The highest BCUT2D eigenvalue weighted by molar-refractivity contribution is 6.23. The smallest absolute Gasteiger partial charge is 0.262 e. The molecule has 3 aliphatic rings. The number of rotatable bonds is 4. The van der Waals surface area contributed by atoms with Crippen molar-refractivity contribution in [1.82, 2.24) is 10.2 Å². The van der Waals surface area contributed by atoms with Crippen molar-refractivity contribution < 1.29 is 19.2 Å². The third-order valence-corrected chi connectivity index (χ3v) is 6.32. The number of hydrogen-bond donors (Lipinski definition) is 2. The fourth-order valence-electron chi connectivity index (χ4n) is 4.77. The van der Waals surface area contributed by atoms with E-state index in [1.54, 1.807) is 12.1 Å². The van der Waals surface area contributed by atoms with Crippen molar-refractivity contribution in [2.45, 2.75) is 31.3 Å². The first-order valence-electron chi connectivity index (χ1n) is 10.4. The lowest BCUT2D eigenvalue weighted by molar-refractivity contribution is -0.136. The fourth-order valence-corrected chi connectivity index (χ4v) is 4.77. The van der Waals surface area contributed by atoms with Crippen LogP contribution in [0.2, 0.25) is 0 Å². The second kappa shape index (κ2) is 7.31. The van der Waals surface area contributed by atoms with Crippen molar-refractivity contribution in [2.24, 2.45) is 5.73 Å². The van der Waals surface area contributed by atoms with E-state index < -0.39 is 23.8 Å². The van der Waals surface area contributed by atoms with E-state index in [0.29, 0.717) is 24.2 Å². The van der Waals surface area contributed by atoms with Crippen LogP contribution in [0.3, 0.4) is 0 Å². The van der Waals surface area contributed by atoms with E-state index in [2.05, 4.69) is 22.3 Å². The Hall–Kier alpha value is -3.52. The topological polar surface area (TPSA) is 113 Å². The standard InChI is InChI=1S/C23H22N4O4/c24-10-14-12-26(18-4-2-1-3-15(14)18)11-13-5-6-16-17(9-13)23(31)27(22(16)30)19-7-8-20(28)25-21(19)29/h1-6,9,14,19H,7-8,10-12,24H2,(H,25,28,29). The maximum Gasteiger partial charge on any atom is 0.262 e. The van der Waals surface area contributed by atoms with Gasteiger partial charge in [-0.05, 0) is 35.7 Å². The molecule has 158 valence electrons. The molecule has 0 radical (unpaired) electrons. The van der Waals surface area contributed by atoms with Crippen LogP contribution in [0.25, 0.3) is 0 Å².